The molecule has 0 radical (unpaired) electrons. The van der Waals surface area contributed by atoms with Crippen molar-refractivity contribution in [1.82, 2.24) is 5.32 Å². The number of carbonyl (C=O) groups is 1. The smallest absolute Gasteiger partial charge is 0.221 e. The Balaban J connectivity index is 1.67. The maximum atomic E-state index is 11.4. The molecule has 3 rings (SSSR count). The number of benzene rings is 1. The van der Waals surface area contributed by atoms with Crippen LogP contribution < -0.4 is 15.4 Å². The molecule has 1 heterocycles. The van der Waals surface area contributed by atoms with E-state index in [-0.39, 0.29) is 11.3 Å². The summed E-state index contributed by atoms with van der Waals surface area (Å²) >= 11 is 0. The van der Waals surface area contributed by atoms with E-state index in [0.717, 1.165) is 30.8 Å². The van der Waals surface area contributed by atoms with E-state index >= 15 is 0 Å². The standard InChI is InChI=1S/C19H28N2O3/c1-12(22)21-15-10-13(7-8-16(15)23-4)11-20-17-14-6-5-9-24-18(14)19(17,2)3/h7-8,10,14,17-18,20H,5-6,9,11H2,1-4H3,(H,21,22)/t14-,17-,18-/m1/s1. The Morgan fingerprint density at radius 2 is 2.21 bits per heavy atom. The van der Waals surface area contributed by atoms with Crippen LogP contribution in [0.15, 0.2) is 18.2 Å². The van der Waals surface area contributed by atoms with Crippen molar-refractivity contribution in [3.05, 3.63) is 23.8 Å². The van der Waals surface area contributed by atoms with Crippen molar-refractivity contribution in [2.24, 2.45) is 11.3 Å². The first-order valence-corrected chi connectivity index (χ1v) is 8.73. The van der Waals surface area contributed by atoms with Gasteiger partial charge < -0.3 is 20.1 Å². The van der Waals surface area contributed by atoms with Gasteiger partial charge in [-0.1, -0.05) is 19.9 Å². The molecule has 1 aliphatic heterocycles. The summed E-state index contributed by atoms with van der Waals surface area (Å²) in [5.74, 6) is 1.20. The van der Waals surface area contributed by atoms with Gasteiger partial charge in [0.05, 0.1) is 18.9 Å². The molecule has 0 spiro atoms. The normalized spacial score (nSPS) is 27.8. The molecule has 2 aliphatic rings. The van der Waals surface area contributed by atoms with Gasteiger partial charge >= 0.3 is 0 Å². The zero-order chi connectivity index (χ0) is 17.3. The van der Waals surface area contributed by atoms with E-state index in [1.807, 2.05) is 18.2 Å². The lowest BCUT2D eigenvalue weighted by Gasteiger charge is -2.60. The number of amides is 1. The summed E-state index contributed by atoms with van der Waals surface area (Å²) in [6, 6.07) is 6.39. The summed E-state index contributed by atoms with van der Waals surface area (Å²) in [6.07, 6.45) is 2.78. The zero-order valence-corrected chi connectivity index (χ0v) is 15.0. The van der Waals surface area contributed by atoms with Gasteiger partial charge in [0.2, 0.25) is 5.91 Å². The van der Waals surface area contributed by atoms with Crippen molar-refractivity contribution < 1.29 is 14.3 Å². The number of rotatable bonds is 5. The molecule has 5 nitrogen and oxygen atoms in total. The van der Waals surface area contributed by atoms with Gasteiger partial charge in [0, 0.05) is 37.5 Å². The predicted octanol–water partition coefficient (Wildman–Crippen LogP) is 2.95. The van der Waals surface area contributed by atoms with Gasteiger partial charge in [0.1, 0.15) is 5.75 Å². The second-order valence-electron chi connectivity index (χ2n) is 7.49. The van der Waals surface area contributed by atoms with Gasteiger partial charge in [0.15, 0.2) is 0 Å². The van der Waals surface area contributed by atoms with Crippen LogP contribution in [0, 0.1) is 11.3 Å². The van der Waals surface area contributed by atoms with E-state index in [1.54, 1.807) is 7.11 Å². The number of ether oxygens (including phenoxy) is 2. The lowest BCUT2D eigenvalue weighted by atomic mass is 9.55. The Kier molecular flexibility index (Phi) is 4.83. The fourth-order valence-corrected chi connectivity index (χ4v) is 4.32. The largest absolute Gasteiger partial charge is 0.495 e. The molecule has 2 fully saturated rings. The van der Waals surface area contributed by atoms with Crippen molar-refractivity contribution in [1.29, 1.82) is 0 Å². The highest BCUT2D eigenvalue weighted by Gasteiger charge is 2.57. The van der Waals surface area contributed by atoms with Crippen LogP contribution >= 0.6 is 0 Å². The first-order valence-electron chi connectivity index (χ1n) is 8.73. The number of methoxy groups -OCH3 is 1. The molecule has 2 N–H and O–H groups in total. The monoisotopic (exact) mass is 332 g/mol. The molecule has 0 bridgehead atoms. The third-order valence-electron chi connectivity index (χ3n) is 5.43. The molecule has 0 unspecified atom stereocenters. The number of hydrogen-bond donors (Lipinski definition) is 2. The van der Waals surface area contributed by atoms with Crippen LogP contribution in [0.25, 0.3) is 0 Å². The van der Waals surface area contributed by atoms with Crippen molar-refractivity contribution in [3.63, 3.8) is 0 Å². The molecule has 1 aliphatic carbocycles. The molecule has 132 valence electrons. The Labute approximate surface area is 144 Å². The van der Waals surface area contributed by atoms with Crippen molar-refractivity contribution in [3.8, 4) is 5.75 Å². The number of carbonyl (C=O) groups excluding carboxylic acids is 1. The molecule has 24 heavy (non-hydrogen) atoms. The summed E-state index contributed by atoms with van der Waals surface area (Å²) in [7, 11) is 1.61. The number of anilines is 1. The van der Waals surface area contributed by atoms with Crippen molar-refractivity contribution >= 4 is 11.6 Å². The van der Waals surface area contributed by atoms with Crippen LogP contribution in [0.4, 0.5) is 5.69 Å². The maximum Gasteiger partial charge on any atom is 0.221 e. The number of fused-ring (bicyclic) bond motifs is 1. The SMILES string of the molecule is COc1ccc(CN[C@@H]2[C@H]3CCCO[C@H]3C2(C)C)cc1NC(C)=O. The van der Waals surface area contributed by atoms with Crippen LogP contribution in [-0.4, -0.2) is 31.8 Å². The zero-order valence-electron chi connectivity index (χ0n) is 15.0. The third kappa shape index (κ3) is 3.15. The summed E-state index contributed by atoms with van der Waals surface area (Å²) in [5.41, 5.74) is 2.02. The fraction of sp³-hybridized carbons (Fsp3) is 0.632. The highest BCUT2D eigenvalue weighted by molar-refractivity contribution is 5.90. The Bertz CT molecular complexity index is 615. The van der Waals surface area contributed by atoms with Crippen LogP contribution in [0.3, 0.4) is 0 Å². The minimum atomic E-state index is -0.0965. The number of nitrogens with one attached hydrogen (secondary N) is 2. The van der Waals surface area contributed by atoms with Crippen LogP contribution in [0.2, 0.25) is 0 Å². The molecule has 3 atom stereocenters. The van der Waals surface area contributed by atoms with Crippen LogP contribution in [0.1, 0.15) is 39.2 Å². The second kappa shape index (κ2) is 6.73. The predicted molar refractivity (Wildman–Crippen MR) is 94.2 cm³/mol. The highest BCUT2D eigenvalue weighted by Crippen LogP contribution is 2.51. The summed E-state index contributed by atoms with van der Waals surface area (Å²) in [6.45, 7) is 7.75. The summed E-state index contributed by atoms with van der Waals surface area (Å²) in [5, 5.41) is 6.54. The van der Waals surface area contributed by atoms with Crippen LogP contribution in [0.5, 0.6) is 5.75 Å². The average Bonchev–Trinajstić information content (AvgIpc) is 2.54. The topological polar surface area (TPSA) is 59.6 Å². The first kappa shape index (κ1) is 17.2. The third-order valence-corrected chi connectivity index (χ3v) is 5.43. The minimum absolute atomic E-state index is 0.0965. The van der Waals surface area contributed by atoms with Gasteiger partial charge in [-0.15, -0.1) is 0 Å². The van der Waals surface area contributed by atoms with E-state index in [9.17, 15) is 4.79 Å². The average molecular weight is 332 g/mol. The van der Waals surface area contributed by atoms with Gasteiger partial charge in [-0.05, 0) is 30.5 Å². The molecule has 1 saturated carbocycles. The van der Waals surface area contributed by atoms with Gasteiger partial charge in [-0.2, -0.15) is 0 Å². The van der Waals surface area contributed by atoms with Gasteiger partial charge in [0.25, 0.3) is 0 Å². The minimum Gasteiger partial charge on any atom is -0.495 e. The molecule has 1 saturated heterocycles. The summed E-state index contributed by atoms with van der Waals surface area (Å²) in [4.78, 5) is 11.4. The van der Waals surface area contributed by atoms with E-state index in [0.29, 0.717) is 23.8 Å². The van der Waals surface area contributed by atoms with Crippen molar-refractivity contribution in [2.75, 3.05) is 19.0 Å². The molecule has 1 aromatic carbocycles. The highest BCUT2D eigenvalue weighted by atomic mass is 16.5. The lowest BCUT2D eigenvalue weighted by molar-refractivity contribution is -0.192. The van der Waals surface area contributed by atoms with E-state index in [2.05, 4.69) is 24.5 Å². The summed E-state index contributed by atoms with van der Waals surface area (Å²) < 4.78 is 11.3. The van der Waals surface area contributed by atoms with Gasteiger partial charge in [-0.3, -0.25) is 4.79 Å². The fourth-order valence-electron chi connectivity index (χ4n) is 4.32. The maximum absolute atomic E-state index is 11.4. The lowest BCUT2D eigenvalue weighted by Crippen LogP contribution is -2.69. The molecule has 5 heteroatoms. The van der Waals surface area contributed by atoms with Crippen LogP contribution in [-0.2, 0) is 16.1 Å². The Morgan fingerprint density at radius 3 is 2.92 bits per heavy atom. The van der Waals surface area contributed by atoms with E-state index in [1.165, 1.54) is 13.3 Å². The molecule has 0 aromatic heterocycles. The molecule has 1 aromatic rings. The molecular formula is C19H28N2O3. The Morgan fingerprint density at radius 1 is 1.42 bits per heavy atom. The van der Waals surface area contributed by atoms with E-state index in [4.69, 9.17) is 9.47 Å². The van der Waals surface area contributed by atoms with E-state index < -0.39 is 0 Å². The quantitative estimate of drug-likeness (QED) is 0.870. The second-order valence-corrected chi connectivity index (χ2v) is 7.49. The first-order chi connectivity index (χ1) is 11.4. The number of hydrogen-bond acceptors (Lipinski definition) is 4. The van der Waals surface area contributed by atoms with Crippen molar-refractivity contribution in [2.45, 2.75) is 52.3 Å². The molecular weight excluding hydrogens is 304 g/mol. The Hall–Kier alpha value is -1.59. The molecule has 1 amide bonds. The van der Waals surface area contributed by atoms with Gasteiger partial charge in [-0.25, -0.2) is 0 Å².